The Morgan fingerprint density at radius 3 is 2.60 bits per heavy atom. The first kappa shape index (κ1) is 16.6. The van der Waals surface area contributed by atoms with Gasteiger partial charge in [0.1, 0.15) is 5.82 Å². The summed E-state index contributed by atoms with van der Waals surface area (Å²) in [6, 6.07) is 6.39. The minimum Gasteiger partial charge on any atom is -0.356 e. The van der Waals surface area contributed by atoms with Crippen molar-refractivity contribution in [2.24, 2.45) is 0 Å². The van der Waals surface area contributed by atoms with Gasteiger partial charge in [0.2, 0.25) is 5.91 Å². The highest BCUT2D eigenvalue weighted by molar-refractivity contribution is 5.76. The Morgan fingerprint density at radius 2 is 1.95 bits per heavy atom. The van der Waals surface area contributed by atoms with Gasteiger partial charge in [0.05, 0.1) is 0 Å². The molecule has 0 aromatic heterocycles. The van der Waals surface area contributed by atoms with E-state index < -0.39 is 0 Å². The quantitative estimate of drug-likeness (QED) is 0.754. The zero-order valence-corrected chi connectivity index (χ0v) is 12.5. The van der Waals surface area contributed by atoms with Gasteiger partial charge in [-0.3, -0.25) is 4.79 Å². The Labute approximate surface area is 121 Å². The lowest BCUT2D eigenvalue weighted by Gasteiger charge is -2.15. The fourth-order valence-electron chi connectivity index (χ4n) is 1.92. The maximum atomic E-state index is 12.7. The van der Waals surface area contributed by atoms with E-state index >= 15 is 0 Å². The zero-order chi connectivity index (χ0) is 14.8. The number of unbranched alkanes of at least 4 members (excludes halogenated alkanes) is 1. The molecule has 0 unspecified atom stereocenters. The molecule has 1 amide bonds. The van der Waals surface area contributed by atoms with E-state index in [4.69, 9.17) is 0 Å². The van der Waals surface area contributed by atoms with E-state index in [2.05, 4.69) is 17.1 Å². The van der Waals surface area contributed by atoms with Crippen LogP contribution in [0, 0.1) is 5.82 Å². The van der Waals surface area contributed by atoms with Gasteiger partial charge < -0.3 is 10.2 Å². The smallest absolute Gasteiger partial charge is 0.221 e. The van der Waals surface area contributed by atoms with Crippen molar-refractivity contribution in [2.45, 2.75) is 32.6 Å². The zero-order valence-electron chi connectivity index (χ0n) is 12.5. The molecule has 0 aliphatic carbocycles. The molecule has 0 saturated heterocycles. The van der Waals surface area contributed by atoms with E-state index in [1.807, 2.05) is 7.05 Å². The fourth-order valence-corrected chi connectivity index (χ4v) is 1.92. The highest BCUT2D eigenvalue weighted by Crippen LogP contribution is 2.02. The second-order valence-corrected chi connectivity index (χ2v) is 5.13. The van der Waals surface area contributed by atoms with Crippen molar-refractivity contribution in [2.75, 3.05) is 26.7 Å². The van der Waals surface area contributed by atoms with Gasteiger partial charge in [0.25, 0.3) is 0 Å². The molecule has 0 spiro atoms. The van der Waals surface area contributed by atoms with Gasteiger partial charge in [0.15, 0.2) is 0 Å². The molecule has 1 N–H and O–H groups in total. The van der Waals surface area contributed by atoms with Crippen molar-refractivity contribution in [3.63, 3.8) is 0 Å². The van der Waals surface area contributed by atoms with Gasteiger partial charge >= 0.3 is 0 Å². The first-order chi connectivity index (χ1) is 9.61. The van der Waals surface area contributed by atoms with Gasteiger partial charge in [-0.05, 0) is 44.1 Å². The van der Waals surface area contributed by atoms with Crippen LogP contribution in [0.25, 0.3) is 0 Å². The van der Waals surface area contributed by atoms with E-state index in [1.54, 1.807) is 12.1 Å². The number of nitrogens with zero attached hydrogens (tertiary/aromatic N) is 1. The lowest BCUT2D eigenvalue weighted by Crippen LogP contribution is -2.30. The molecule has 0 atom stereocenters. The molecular weight excluding hydrogens is 255 g/mol. The predicted molar refractivity (Wildman–Crippen MR) is 80.1 cm³/mol. The molecule has 4 heteroatoms. The van der Waals surface area contributed by atoms with E-state index in [1.165, 1.54) is 25.0 Å². The van der Waals surface area contributed by atoms with Crippen LogP contribution in [0.1, 0.15) is 31.7 Å². The largest absolute Gasteiger partial charge is 0.356 e. The third kappa shape index (κ3) is 7.24. The van der Waals surface area contributed by atoms with Crippen LogP contribution in [-0.4, -0.2) is 37.5 Å². The molecule has 1 aromatic carbocycles. The standard InChI is InChI=1S/C16H25FN2O/c1-3-4-12-19(2)13-10-16(20)18-11-9-14-5-7-15(17)8-6-14/h5-8H,3-4,9-13H2,1-2H3,(H,18,20). The Bertz CT molecular complexity index is 392. The van der Waals surface area contributed by atoms with Crippen molar-refractivity contribution in [1.29, 1.82) is 0 Å². The van der Waals surface area contributed by atoms with Crippen molar-refractivity contribution in [3.8, 4) is 0 Å². The summed E-state index contributed by atoms with van der Waals surface area (Å²) >= 11 is 0. The highest BCUT2D eigenvalue weighted by atomic mass is 19.1. The Hall–Kier alpha value is -1.42. The molecule has 0 aliphatic rings. The average Bonchev–Trinajstić information content (AvgIpc) is 2.45. The maximum absolute atomic E-state index is 12.7. The number of halogens is 1. The van der Waals surface area contributed by atoms with Gasteiger partial charge in [-0.15, -0.1) is 0 Å². The Kier molecular flexibility index (Phi) is 7.88. The maximum Gasteiger partial charge on any atom is 0.221 e. The molecule has 1 rings (SSSR count). The van der Waals surface area contributed by atoms with E-state index in [0.717, 1.165) is 25.1 Å². The first-order valence-electron chi connectivity index (χ1n) is 7.31. The minimum absolute atomic E-state index is 0.0791. The van der Waals surface area contributed by atoms with E-state index in [0.29, 0.717) is 13.0 Å². The summed E-state index contributed by atoms with van der Waals surface area (Å²) in [5.41, 5.74) is 1.03. The molecule has 0 saturated carbocycles. The molecule has 0 heterocycles. The molecule has 0 aliphatic heterocycles. The number of carbonyl (C=O) groups excluding carboxylic acids is 1. The monoisotopic (exact) mass is 280 g/mol. The van der Waals surface area contributed by atoms with Crippen LogP contribution in [0.4, 0.5) is 4.39 Å². The average molecular weight is 280 g/mol. The number of hydrogen-bond donors (Lipinski definition) is 1. The Balaban J connectivity index is 2.12. The molecule has 0 bridgehead atoms. The number of rotatable bonds is 9. The predicted octanol–water partition coefficient (Wildman–Crippen LogP) is 2.61. The van der Waals surface area contributed by atoms with Crippen LogP contribution < -0.4 is 5.32 Å². The number of amides is 1. The summed E-state index contributed by atoms with van der Waals surface area (Å²) in [7, 11) is 2.04. The third-order valence-corrected chi connectivity index (χ3v) is 3.26. The number of hydrogen-bond acceptors (Lipinski definition) is 2. The molecule has 112 valence electrons. The molecular formula is C16H25FN2O. The van der Waals surface area contributed by atoms with Crippen LogP contribution in [0.5, 0.6) is 0 Å². The summed E-state index contributed by atoms with van der Waals surface area (Å²) in [6.45, 7) is 4.60. The van der Waals surface area contributed by atoms with Crippen molar-refractivity contribution in [1.82, 2.24) is 10.2 Å². The number of benzene rings is 1. The first-order valence-corrected chi connectivity index (χ1v) is 7.31. The molecule has 0 radical (unpaired) electrons. The normalized spacial score (nSPS) is 10.8. The van der Waals surface area contributed by atoms with Crippen molar-refractivity contribution in [3.05, 3.63) is 35.6 Å². The summed E-state index contributed by atoms with van der Waals surface area (Å²) in [5.74, 6) is -0.150. The highest BCUT2D eigenvalue weighted by Gasteiger charge is 2.04. The van der Waals surface area contributed by atoms with Gasteiger partial charge in [-0.25, -0.2) is 4.39 Å². The van der Waals surface area contributed by atoms with E-state index in [-0.39, 0.29) is 11.7 Å². The van der Waals surface area contributed by atoms with Crippen LogP contribution >= 0.6 is 0 Å². The summed E-state index contributed by atoms with van der Waals surface area (Å²) < 4.78 is 12.7. The molecule has 20 heavy (non-hydrogen) atoms. The van der Waals surface area contributed by atoms with Gasteiger partial charge in [-0.2, -0.15) is 0 Å². The van der Waals surface area contributed by atoms with Gasteiger partial charge in [0, 0.05) is 19.5 Å². The van der Waals surface area contributed by atoms with Crippen molar-refractivity contribution >= 4 is 5.91 Å². The van der Waals surface area contributed by atoms with Crippen LogP contribution in [0.2, 0.25) is 0 Å². The van der Waals surface area contributed by atoms with Gasteiger partial charge in [-0.1, -0.05) is 25.5 Å². The van der Waals surface area contributed by atoms with Crippen LogP contribution in [0.15, 0.2) is 24.3 Å². The fraction of sp³-hybridized carbons (Fsp3) is 0.562. The molecule has 0 fully saturated rings. The molecule has 3 nitrogen and oxygen atoms in total. The van der Waals surface area contributed by atoms with E-state index in [9.17, 15) is 9.18 Å². The minimum atomic E-state index is -0.229. The number of carbonyl (C=O) groups is 1. The molecule has 1 aromatic rings. The SMILES string of the molecule is CCCCN(C)CCC(=O)NCCc1ccc(F)cc1. The third-order valence-electron chi connectivity index (χ3n) is 3.26. The number of nitrogens with one attached hydrogen (secondary N) is 1. The summed E-state index contributed by atoms with van der Waals surface area (Å²) in [4.78, 5) is 13.9. The summed E-state index contributed by atoms with van der Waals surface area (Å²) in [5, 5.41) is 2.90. The van der Waals surface area contributed by atoms with Crippen LogP contribution in [0.3, 0.4) is 0 Å². The Morgan fingerprint density at radius 1 is 1.25 bits per heavy atom. The lowest BCUT2D eigenvalue weighted by molar-refractivity contribution is -0.121. The van der Waals surface area contributed by atoms with Crippen LogP contribution in [-0.2, 0) is 11.2 Å². The van der Waals surface area contributed by atoms with Crippen molar-refractivity contribution < 1.29 is 9.18 Å². The topological polar surface area (TPSA) is 32.3 Å². The second kappa shape index (κ2) is 9.48. The second-order valence-electron chi connectivity index (χ2n) is 5.13. The lowest BCUT2D eigenvalue weighted by atomic mass is 10.1. The summed E-state index contributed by atoms with van der Waals surface area (Å²) in [6.07, 6.45) is 3.61.